The maximum atomic E-state index is 13.1. The van der Waals surface area contributed by atoms with Crippen molar-refractivity contribution in [2.24, 2.45) is 11.8 Å². The molecule has 3 saturated heterocycles. The van der Waals surface area contributed by atoms with Crippen molar-refractivity contribution in [3.63, 3.8) is 0 Å². The van der Waals surface area contributed by atoms with E-state index in [2.05, 4.69) is 0 Å². The molecule has 0 radical (unpaired) electrons. The molecule has 35 heavy (non-hydrogen) atoms. The Morgan fingerprint density at radius 3 is 2.23 bits per heavy atom. The van der Waals surface area contributed by atoms with Gasteiger partial charge in [-0.1, -0.05) is 12.1 Å². The van der Waals surface area contributed by atoms with Gasteiger partial charge in [0.2, 0.25) is 17.7 Å². The summed E-state index contributed by atoms with van der Waals surface area (Å²) in [5, 5.41) is 0. The average molecular weight is 496 g/mol. The second-order valence-electron chi connectivity index (χ2n) is 9.97. The molecule has 1 aromatic carbocycles. The van der Waals surface area contributed by atoms with Crippen LogP contribution in [0.3, 0.4) is 0 Å². The third-order valence-corrected chi connectivity index (χ3v) is 7.08. The first-order chi connectivity index (χ1) is 16.5. The molecule has 0 bridgehead atoms. The van der Waals surface area contributed by atoms with E-state index in [9.17, 15) is 27.6 Å². The highest BCUT2D eigenvalue weighted by Gasteiger charge is 2.39. The molecule has 0 N–H and O–H groups in total. The van der Waals surface area contributed by atoms with E-state index in [4.69, 9.17) is 4.74 Å². The predicted molar refractivity (Wildman–Crippen MR) is 121 cm³/mol. The normalized spacial score (nSPS) is 26.4. The molecule has 3 atom stereocenters. The molecule has 0 aromatic heterocycles. The number of carbonyl (C=O) groups excluding carboxylic acids is 3. The zero-order valence-electron chi connectivity index (χ0n) is 20.1. The van der Waals surface area contributed by atoms with E-state index >= 15 is 0 Å². The minimum absolute atomic E-state index is 0.00292. The number of morpholine rings is 1. The molecule has 1 aromatic rings. The third kappa shape index (κ3) is 5.97. The molecular formula is C25H32F3N3O4. The topological polar surface area (TPSA) is 70.2 Å². The molecule has 3 unspecified atom stereocenters. The number of nitrogens with zero attached hydrogens (tertiary/aromatic N) is 3. The van der Waals surface area contributed by atoms with E-state index in [-0.39, 0.29) is 55.4 Å². The summed E-state index contributed by atoms with van der Waals surface area (Å²) in [4.78, 5) is 43.6. The standard InChI is InChI=1S/C25H32F3N3O4/c1-16-12-31(13-17(2)35-16)23(33)19-6-8-29(9-7-19)24(34)20-11-22(32)30(15-20)14-18-4-3-5-21(10-18)25(26,27)28/h3-5,10,16-17,19-20H,6-9,11-15H2,1-2H3. The van der Waals surface area contributed by atoms with E-state index in [1.54, 1.807) is 11.0 Å². The van der Waals surface area contributed by atoms with Gasteiger partial charge < -0.3 is 19.4 Å². The largest absolute Gasteiger partial charge is 0.416 e. The SMILES string of the molecule is CC1CN(C(=O)C2CCN(C(=O)C3CC(=O)N(Cc4cccc(C(F)(F)F)c4)C3)CC2)CC(C)O1. The fraction of sp³-hybridized carbons (Fsp3) is 0.640. The molecule has 3 aliphatic heterocycles. The maximum Gasteiger partial charge on any atom is 0.416 e. The first kappa shape index (κ1) is 25.5. The second-order valence-corrected chi connectivity index (χ2v) is 9.97. The molecule has 4 rings (SSSR count). The third-order valence-electron chi connectivity index (χ3n) is 7.08. The van der Waals surface area contributed by atoms with Gasteiger partial charge in [-0.05, 0) is 44.4 Å². The molecule has 10 heteroatoms. The quantitative estimate of drug-likeness (QED) is 0.644. The van der Waals surface area contributed by atoms with Crippen LogP contribution in [-0.2, 0) is 31.8 Å². The van der Waals surface area contributed by atoms with E-state index in [0.717, 1.165) is 12.1 Å². The van der Waals surface area contributed by atoms with Crippen molar-refractivity contribution < 1.29 is 32.3 Å². The molecule has 3 amide bonds. The number of benzene rings is 1. The zero-order valence-corrected chi connectivity index (χ0v) is 20.1. The monoisotopic (exact) mass is 495 g/mol. The van der Waals surface area contributed by atoms with Crippen molar-refractivity contribution in [3.8, 4) is 0 Å². The van der Waals surface area contributed by atoms with Crippen molar-refractivity contribution >= 4 is 17.7 Å². The Morgan fingerprint density at radius 1 is 0.971 bits per heavy atom. The van der Waals surface area contributed by atoms with Gasteiger partial charge in [-0.15, -0.1) is 0 Å². The lowest BCUT2D eigenvalue weighted by molar-refractivity contribution is -0.150. The number of hydrogen-bond donors (Lipinski definition) is 0. The molecule has 0 aliphatic carbocycles. The Bertz CT molecular complexity index is 952. The van der Waals surface area contributed by atoms with Gasteiger partial charge in [0, 0.05) is 51.6 Å². The summed E-state index contributed by atoms with van der Waals surface area (Å²) in [6.07, 6.45) is -3.22. The van der Waals surface area contributed by atoms with Crippen LogP contribution in [-0.4, -0.2) is 77.4 Å². The minimum atomic E-state index is -4.45. The van der Waals surface area contributed by atoms with Gasteiger partial charge in [0.15, 0.2) is 0 Å². The molecule has 0 saturated carbocycles. The van der Waals surface area contributed by atoms with Crippen molar-refractivity contribution in [1.82, 2.24) is 14.7 Å². The number of alkyl halides is 3. The molecule has 3 aliphatic rings. The highest BCUT2D eigenvalue weighted by atomic mass is 19.4. The Hall–Kier alpha value is -2.62. The van der Waals surface area contributed by atoms with Crippen LogP contribution in [0.5, 0.6) is 0 Å². The number of rotatable bonds is 4. The number of hydrogen-bond acceptors (Lipinski definition) is 4. The van der Waals surface area contributed by atoms with Gasteiger partial charge in [-0.2, -0.15) is 13.2 Å². The summed E-state index contributed by atoms with van der Waals surface area (Å²) in [5.41, 5.74) is -0.375. The molecular weight excluding hydrogens is 463 g/mol. The zero-order chi connectivity index (χ0) is 25.3. The van der Waals surface area contributed by atoms with Crippen LogP contribution in [0.2, 0.25) is 0 Å². The predicted octanol–water partition coefficient (Wildman–Crippen LogP) is 2.93. The van der Waals surface area contributed by atoms with E-state index in [1.165, 1.54) is 11.0 Å². The van der Waals surface area contributed by atoms with Crippen molar-refractivity contribution in [3.05, 3.63) is 35.4 Å². The Kier molecular flexibility index (Phi) is 7.40. The molecule has 7 nitrogen and oxygen atoms in total. The lowest BCUT2D eigenvalue weighted by Gasteiger charge is -2.39. The van der Waals surface area contributed by atoms with E-state index < -0.39 is 17.7 Å². The van der Waals surface area contributed by atoms with Crippen molar-refractivity contribution in [2.75, 3.05) is 32.7 Å². The summed E-state index contributed by atoms with van der Waals surface area (Å²) >= 11 is 0. The molecule has 3 fully saturated rings. The lowest BCUT2D eigenvalue weighted by atomic mass is 9.93. The summed E-state index contributed by atoms with van der Waals surface area (Å²) < 4.78 is 44.7. The minimum Gasteiger partial charge on any atom is -0.372 e. The van der Waals surface area contributed by atoms with Crippen LogP contribution in [0.25, 0.3) is 0 Å². The van der Waals surface area contributed by atoms with E-state index in [0.29, 0.717) is 44.6 Å². The van der Waals surface area contributed by atoms with Crippen LogP contribution in [0.1, 0.15) is 44.2 Å². The van der Waals surface area contributed by atoms with Crippen LogP contribution >= 0.6 is 0 Å². The summed E-state index contributed by atoms with van der Waals surface area (Å²) in [6, 6.07) is 4.91. The molecule has 0 spiro atoms. The summed E-state index contributed by atoms with van der Waals surface area (Å²) in [5.74, 6) is -0.881. The van der Waals surface area contributed by atoms with Gasteiger partial charge >= 0.3 is 6.18 Å². The highest BCUT2D eigenvalue weighted by Crippen LogP contribution is 2.31. The number of ether oxygens (including phenoxy) is 1. The number of likely N-dealkylation sites (tertiary alicyclic amines) is 2. The van der Waals surface area contributed by atoms with Gasteiger partial charge in [0.25, 0.3) is 0 Å². The summed E-state index contributed by atoms with van der Waals surface area (Å²) in [6.45, 7) is 6.22. The van der Waals surface area contributed by atoms with E-state index in [1.807, 2.05) is 18.7 Å². The number of piperidine rings is 1. The Morgan fingerprint density at radius 2 is 1.60 bits per heavy atom. The molecule has 3 heterocycles. The Labute approximate surface area is 203 Å². The van der Waals surface area contributed by atoms with Crippen molar-refractivity contribution in [2.45, 2.75) is 58.0 Å². The smallest absolute Gasteiger partial charge is 0.372 e. The number of carbonyl (C=O) groups is 3. The second kappa shape index (κ2) is 10.2. The van der Waals surface area contributed by atoms with Gasteiger partial charge in [-0.25, -0.2) is 0 Å². The van der Waals surface area contributed by atoms with Gasteiger partial charge in [0.05, 0.1) is 23.7 Å². The number of amides is 3. The van der Waals surface area contributed by atoms with Gasteiger partial charge in [0.1, 0.15) is 0 Å². The van der Waals surface area contributed by atoms with Crippen LogP contribution in [0.15, 0.2) is 24.3 Å². The van der Waals surface area contributed by atoms with Crippen LogP contribution in [0.4, 0.5) is 13.2 Å². The summed E-state index contributed by atoms with van der Waals surface area (Å²) in [7, 11) is 0. The van der Waals surface area contributed by atoms with Crippen LogP contribution < -0.4 is 0 Å². The Balaban J connectivity index is 1.29. The maximum absolute atomic E-state index is 13.1. The van der Waals surface area contributed by atoms with Crippen molar-refractivity contribution in [1.29, 1.82) is 0 Å². The lowest BCUT2D eigenvalue weighted by Crippen LogP contribution is -2.52. The average Bonchev–Trinajstić information content (AvgIpc) is 3.17. The molecule has 192 valence electrons. The first-order valence-electron chi connectivity index (χ1n) is 12.2. The fourth-order valence-electron chi connectivity index (χ4n) is 5.38. The van der Waals surface area contributed by atoms with Gasteiger partial charge in [-0.3, -0.25) is 14.4 Å². The van der Waals surface area contributed by atoms with Crippen LogP contribution in [0, 0.1) is 11.8 Å². The fourth-order valence-corrected chi connectivity index (χ4v) is 5.38. The first-order valence-corrected chi connectivity index (χ1v) is 12.2. The number of halogens is 3. The highest BCUT2D eigenvalue weighted by molar-refractivity contribution is 5.89.